The zero-order valence-electron chi connectivity index (χ0n) is 4.11. The predicted octanol–water partition coefficient (Wildman–Crippen LogP) is 1.41. The minimum Gasteiger partial charge on any atom is -0.209 e. The van der Waals surface area contributed by atoms with Crippen LogP contribution in [-0.4, -0.2) is 9.97 Å². The third-order valence-electron chi connectivity index (χ3n) is 0.672. The highest BCUT2D eigenvalue weighted by Gasteiger charge is 2.01. The van der Waals surface area contributed by atoms with Crippen molar-refractivity contribution in [3.05, 3.63) is 23.2 Å². The Bertz CT molecular complexity index is 228. The van der Waals surface area contributed by atoms with Crippen molar-refractivity contribution in [2.45, 2.75) is 0 Å². The maximum Gasteiger partial charge on any atom is 0.311 e. The molecule has 0 amide bonds. The molecular weight excluding hydrogens is 150 g/mol. The van der Waals surface area contributed by atoms with Gasteiger partial charge in [0.1, 0.15) is 5.02 Å². The van der Waals surface area contributed by atoms with E-state index in [2.05, 4.69) is 9.97 Å². The fourth-order valence-corrected chi connectivity index (χ4v) is 0.418. The third-order valence-corrected chi connectivity index (χ3v) is 0.925. The van der Waals surface area contributed by atoms with Gasteiger partial charge in [-0.2, -0.15) is 13.8 Å². The van der Waals surface area contributed by atoms with Crippen molar-refractivity contribution in [3.63, 3.8) is 0 Å². The molecule has 0 bridgehead atoms. The van der Waals surface area contributed by atoms with Crippen LogP contribution in [0.3, 0.4) is 0 Å². The number of aromatic nitrogens is 2. The van der Waals surface area contributed by atoms with Crippen molar-refractivity contribution in [2.75, 3.05) is 0 Å². The van der Waals surface area contributed by atoms with Crippen molar-refractivity contribution in [3.8, 4) is 0 Å². The molecule has 0 fully saturated rings. The van der Waals surface area contributed by atoms with Gasteiger partial charge in [0.2, 0.25) is 5.95 Å². The van der Waals surface area contributed by atoms with E-state index in [0.29, 0.717) is 0 Å². The van der Waals surface area contributed by atoms with Gasteiger partial charge >= 0.3 is 6.08 Å². The Morgan fingerprint density at radius 1 is 1.44 bits per heavy atom. The molecule has 0 N–H and O–H groups in total. The predicted molar refractivity (Wildman–Crippen MR) is 27.0 cm³/mol. The van der Waals surface area contributed by atoms with Crippen LogP contribution >= 0.6 is 11.6 Å². The van der Waals surface area contributed by atoms with Crippen molar-refractivity contribution in [1.82, 2.24) is 9.97 Å². The molecule has 0 radical (unpaired) electrons. The van der Waals surface area contributed by atoms with Gasteiger partial charge in [0, 0.05) is 0 Å². The number of hydrogen-bond donors (Lipinski definition) is 0. The first-order valence-corrected chi connectivity index (χ1v) is 2.41. The fourth-order valence-electron chi connectivity index (χ4n) is 0.326. The van der Waals surface area contributed by atoms with Gasteiger partial charge in [-0.1, -0.05) is 11.6 Å². The Morgan fingerprint density at radius 2 is 2.11 bits per heavy atom. The van der Waals surface area contributed by atoms with Crippen molar-refractivity contribution < 1.29 is 8.78 Å². The second-order valence-corrected chi connectivity index (χ2v) is 1.68. The number of halogens is 3. The summed E-state index contributed by atoms with van der Waals surface area (Å²) in [4.78, 5) is 5.69. The molecule has 0 aliphatic rings. The van der Waals surface area contributed by atoms with E-state index in [0.717, 1.165) is 6.20 Å². The summed E-state index contributed by atoms with van der Waals surface area (Å²) >= 11 is 5.11. The molecule has 1 heterocycles. The van der Waals surface area contributed by atoms with Gasteiger partial charge in [0.25, 0.3) is 0 Å². The van der Waals surface area contributed by atoms with Crippen LogP contribution in [0.1, 0.15) is 0 Å². The second kappa shape index (κ2) is 2.23. The molecule has 0 spiro atoms. The van der Waals surface area contributed by atoms with Crippen LogP contribution in [0.4, 0.5) is 8.78 Å². The molecule has 5 heteroatoms. The molecule has 48 valence electrons. The quantitative estimate of drug-likeness (QED) is 0.413. The normalized spacial score (nSPS) is 9.67. The smallest absolute Gasteiger partial charge is 0.209 e. The maximum absolute atomic E-state index is 12.1. The van der Waals surface area contributed by atoms with Crippen LogP contribution in [0.25, 0.3) is 0 Å². The second-order valence-electron chi connectivity index (χ2n) is 1.28. The van der Waals surface area contributed by atoms with Crippen molar-refractivity contribution in [2.24, 2.45) is 0 Å². The SMILES string of the molecule is Fc1ncc(Cl)c(F)n1. The highest BCUT2D eigenvalue weighted by atomic mass is 35.5. The van der Waals surface area contributed by atoms with E-state index in [1.54, 1.807) is 0 Å². The Hall–Kier alpha value is -0.770. The summed E-state index contributed by atoms with van der Waals surface area (Å²) in [7, 11) is 0. The zero-order chi connectivity index (χ0) is 6.85. The summed E-state index contributed by atoms with van der Waals surface area (Å²) in [6.45, 7) is 0. The van der Waals surface area contributed by atoms with E-state index in [1.807, 2.05) is 0 Å². The number of nitrogens with zero attached hydrogens (tertiary/aromatic N) is 2. The van der Waals surface area contributed by atoms with Gasteiger partial charge in [0.05, 0.1) is 6.20 Å². The van der Waals surface area contributed by atoms with Crippen LogP contribution in [0.5, 0.6) is 0 Å². The molecule has 2 nitrogen and oxygen atoms in total. The van der Waals surface area contributed by atoms with E-state index < -0.39 is 12.0 Å². The van der Waals surface area contributed by atoms with Gasteiger partial charge in [-0.3, -0.25) is 0 Å². The summed E-state index contributed by atoms with van der Waals surface area (Å²) in [5, 5.41) is -0.281. The Balaban J connectivity index is 3.17. The standard InChI is InChI=1S/C4HClF2N2/c5-2-1-8-4(7)9-3(2)6/h1H. The zero-order valence-corrected chi connectivity index (χ0v) is 4.86. The summed E-state index contributed by atoms with van der Waals surface area (Å²) < 4.78 is 23.9. The van der Waals surface area contributed by atoms with E-state index in [9.17, 15) is 8.78 Å². The topological polar surface area (TPSA) is 25.8 Å². The lowest BCUT2D eigenvalue weighted by atomic mass is 10.6. The van der Waals surface area contributed by atoms with E-state index >= 15 is 0 Å². The first-order chi connectivity index (χ1) is 4.20. The molecule has 0 saturated carbocycles. The van der Waals surface area contributed by atoms with Crippen LogP contribution in [0, 0.1) is 12.0 Å². The molecule has 0 atom stereocenters. The minimum absolute atomic E-state index is 0.281. The summed E-state index contributed by atoms with van der Waals surface area (Å²) in [6.07, 6.45) is -0.254. The molecule has 9 heavy (non-hydrogen) atoms. The highest BCUT2D eigenvalue weighted by Crippen LogP contribution is 2.08. The molecule has 0 aromatic carbocycles. The van der Waals surface area contributed by atoms with Crippen LogP contribution < -0.4 is 0 Å². The van der Waals surface area contributed by atoms with Crippen molar-refractivity contribution >= 4 is 11.6 Å². The average molecular weight is 151 g/mol. The lowest BCUT2D eigenvalue weighted by Gasteiger charge is -1.88. The highest BCUT2D eigenvalue weighted by molar-refractivity contribution is 6.30. The molecule has 0 saturated heterocycles. The fraction of sp³-hybridized carbons (Fsp3) is 0. The van der Waals surface area contributed by atoms with Gasteiger partial charge < -0.3 is 0 Å². The monoisotopic (exact) mass is 150 g/mol. The third kappa shape index (κ3) is 1.32. The van der Waals surface area contributed by atoms with Crippen molar-refractivity contribution in [1.29, 1.82) is 0 Å². The Kier molecular flexibility index (Phi) is 1.57. The average Bonchev–Trinajstić information content (AvgIpc) is 1.80. The first-order valence-electron chi connectivity index (χ1n) is 2.03. The first kappa shape index (κ1) is 6.35. The lowest BCUT2D eigenvalue weighted by molar-refractivity contribution is 0.483. The molecule has 1 aromatic heterocycles. The molecule has 0 unspecified atom stereocenters. The summed E-state index contributed by atoms with van der Waals surface area (Å²) in [6, 6.07) is 0. The Labute approximate surface area is 54.5 Å². The maximum atomic E-state index is 12.1. The number of hydrogen-bond acceptors (Lipinski definition) is 2. The minimum atomic E-state index is -1.11. The molecule has 0 aliphatic heterocycles. The van der Waals surface area contributed by atoms with E-state index in [1.165, 1.54) is 0 Å². The molecule has 1 rings (SSSR count). The molecule has 0 aliphatic carbocycles. The summed E-state index contributed by atoms with van der Waals surface area (Å²) in [5.41, 5.74) is 0. The molecular formula is C4HClF2N2. The van der Waals surface area contributed by atoms with Gasteiger partial charge in [0.15, 0.2) is 0 Å². The summed E-state index contributed by atoms with van der Waals surface area (Å²) in [5.74, 6) is -1.04. The van der Waals surface area contributed by atoms with E-state index in [4.69, 9.17) is 11.6 Å². The van der Waals surface area contributed by atoms with Crippen LogP contribution in [0.15, 0.2) is 6.20 Å². The van der Waals surface area contributed by atoms with E-state index in [-0.39, 0.29) is 5.02 Å². The van der Waals surface area contributed by atoms with Crippen LogP contribution in [0.2, 0.25) is 5.02 Å². The van der Waals surface area contributed by atoms with Gasteiger partial charge in [-0.15, -0.1) is 0 Å². The van der Waals surface area contributed by atoms with Gasteiger partial charge in [-0.25, -0.2) is 4.98 Å². The largest absolute Gasteiger partial charge is 0.311 e. The Morgan fingerprint density at radius 3 is 2.56 bits per heavy atom. The molecule has 1 aromatic rings. The lowest BCUT2D eigenvalue weighted by Crippen LogP contribution is -1.91. The van der Waals surface area contributed by atoms with Crippen LogP contribution in [-0.2, 0) is 0 Å². The van der Waals surface area contributed by atoms with Gasteiger partial charge in [-0.05, 0) is 0 Å². The number of rotatable bonds is 0.